The summed E-state index contributed by atoms with van der Waals surface area (Å²) in [7, 11) is -3.22. The summed E-state index contributed by atoms with van der Waals surface area (Å²) in [4.78, 5) is 14.1. The van der Waals surface area contributed by atoms with Crippen LogP contribution in [0.3, 0.4) is 0 Å². The molecule has 1 amide bonds. The van der Waals surface area contributed by atoms with Crippen LogP contribution in [0.2, 0.25) is 0 Å². The Balaban J connectivity index is 1.89. The fourth-order valence-corrected chi connectivity index (χ4v) is 3.07. The van der Waals surface area contributed by atoms with Crippen LogP contribution in [0.1, 0.15) is 25.7 Å². The first-order valence-electron chi connectivity index (χ1n) is 7.17. The van der Waals surface area contributed by atoms with Crippen molar-refractivity contribution in [2.45, 2.75) is 38.3 Å². The van der Waals surface area contributed by atoms with Crippen molar-refractivity contribution >= 4 is 15.9 Å². The molecule has 0 aliphatic carbocycles. The van der Waals surface area contributed by atoms with Gasteiger partial charge in [-0.3, -0.25) is 9.48 Å². The van der Waals surface area contributed by atoms with Gasteiger partial charge in [-0.2, -0.15) is 5.10 Å². The Hall–Kier alpha value is -1.41. The number of piperidine rings is 1. The zero-order chi connectivity index (χ0) is 15.3. The first kappa shape index (κ1) is 16.0. The Morgan fingerprint density at radius 2 is 2.24 bits per heavy atom. The Labute approximate surface area is 125 Å². The number of aryl methyl sites for hydroxylation is 1. The van der Waals surface area contributed by atoms with E-state index < -0.39 is 10.0 Å². The van der Waals surface area contributed by atoms with E-state index >= 15 is 0 Å². The van der Waals surface area contributed by atoms with E-state index in [9.17, 15) is 13.2 Å². The van der Waals surface area contributed by atoms with Gasteiger partial charge in [0.1, 0.15) is 0 Å². The highest BCUT2D eigenvalue weighted by Crippen LogP contribution is 2.17. The number of hydrogen-bond acceptors (Lipinski definition) is 4. The molecule has 7 nitrogen and oxygen atoms in total. The number of carbonyl (C=O) groups excluding carboxylic acids is 1. The largest absolute Gasteiger partial charge is 0.338 e. The summed E-state index contributed by atoms with van der Waals surface area (Å²) in [5.74, 6) is 0.0606. The third-order valence-electron chi connectivity index (χ3n) is 3.64. The van der Waals surface area contributed by atoms with E-state index in [0.29, 0.717) is 26.1 Å². The van der Waals surface area contributed by atoms with Crippen LogP contribution in [0.4, 0.5) is 0 Å². The lowest BCUT2D eigenvalue weighted by Gasteiger charge is -2.36. The predicted octanol–water partition coefficient (Wildman–Crippen LogP) is 0.204. The second-order valence-corrected chi connectivity index (χ2v) is 7.21. The highest BCUT2D eigenvalue weighted by atomic mass is 32.2. The molecule has 0 aromatic carbocycles. The second kappa shape index (κ2) is 7.04. The zero-order valence-corrected chi connectivity index (χ0v) is 13.1. The number of hydrogen-bond donors (Lipinski definition) is 1. The van der Waals surface area contributed by atoms with E-state index in [1.807, 2.05) is 17.2 Å². The van der Waals surface area contributed by atoms with E-state index in [4.69, 9.17) is 0 Å². The summed E-state index contributed by atoms with van der Waals surface area (Å²) in [5.41, 5.74) is 0. The lowest BCUT2D eigenvalue weighted by molar-refractivity contribution is -0.135. The lowest BCUT2D eigenvalue weighted by Crippen LogP contribution is -2.49. The normalized spacial score (nSPS) is 19.7. The molecule has 1 fully saturated rings. The molecule has 1 N–H and O–H groups in total. The minimum atomic E-state index is -3.22. The number of likely N-dealkylation sites (tertiary alicyclic amines) is 1. The van der Waals surface area contributed by atoms with Gasteiger partial charge in [-0.15, -0.1) is 0 Å². The smallest absolute Gasteiger partial charge is 0.224 e. The van der Waals surface area contributed by atoms with E-state index in [1.54, 1.807) is 10.9 Å². The van der Waals surface area contributed by atoms with Crippen LogP contribution in [0, 0.1) is 0 Å². The van der Waals surface area contributed by atoms with E-state index in [1.165, 1.54) is 0 Å². The summed E-state index contributed by atoms with van der Waals surface area (Å²) < 4.78 is 26.6. The first-order chi connectivity index (χ1) is 9.96. The van der Waals surface area contributed by atoms with Gasteiger partial charge in [0.25, 0.3) is 0 Å². The first-order valence-corrected chi connectivity index (χ1v) is 9.06. The molecule has 0 bridgehead atoms. The molecule has 0 spiro atoms. The standard InChI is InChI=1S/C13H22N4O3S/c1-21(19,20)15-11-12-5-2-3-9-17(12)13(18)6-10-16-8-4-7-14-16/h4,7-8,12,15H,2-3,5-6,9-11H2,1H3/t12-/m1/s1. The highest BCUT2D eigenvalue weighted by Gasteiger charge is 2.26. The van der Waals surface area contributed by atoms with Gasteiger partial charge in [0, 0.05) is 44.5 Å². The van der Waals surface area contributed by atoms with E-state index in [2.05, 4.69) is 9.82 Å². The molecule has 2 heterocycles. The van der Waals surface area contributed by atoms with Gasteiger partial charge in [0.05, 0.1) is 6.26 Å². The van der Waals surface area contributed by atoms with Crippen LogP contribution in [0.15, 0.2) is 18.5 Å². The Bertz CT molecular complexity index is 556. The SMILES string of the molecule is CS(=O)(=O)NC[C@H]1CCCCN1C(=O)CCn1cccn1. The summed E-state index contributed by atoms with van der Waals surface area (Å²) >= 11 is 0. The molecule has 1 aromatic rings. The zero-order valence-electron chi connectivity index (χ0n) is 12.2. The topological polar surface area (TPSA) is 84.3 Å². The average molecular weight is 314 g/mol. The van der Waals surface area contributed by atoms with Crippen LogP contribution in [-0.4, -0.2) is 54.4 Å². The van der Waals surface area contributed by atoms with Gasteiger partial charge in [-0.25, -0.2) is 13.1 Å². The maximum absolute atomic E-state index is 12.3. The Kier molecular flexibility index (Phi) is 5.35. The lowest BCUT2D eigenvalue weighted by atomic mass is 10.0. The maximum atomic E-state index is 12.3. The fourth-order valence-electron chi connectivity index (χ4n) is 2.58. The van der Waals surface area contributed by atoms with Crippen LogP contribution in [0.5, 0.6) is 0 Å². The molecule has 1 aromatic heterocycles. The number of sulfonamides is 1. The molecule has 21 heavy (non-hydrogen) atoms. The summed E-state index contributed by atoms with van der Waals surface area (Å²) in [6.45, 7) is 1.55. The molecule has 0 unspecified atom stereocenters. The maximum Gasteiger partial charge on any atom is 0.224 e. The van der Waals surface area contributed by atoms with Crippen molar-refractivity contribution in [3.05, 3.63) is 18.5 Å². The van der Waals surface area contributed by atoms with Crippen molar-refractivity contribution in [3.63, 3.8) is 0 Å². The van der Waals surface area contributed by atoms with E-state index in [0.717, 1.165) is 25.5 Å². The van der Waals surface area contributed by atoms with Gasteiger partial charge in [-0.05, 0) is 25.3 Å². The molecule has 118 valence electrons. The minimum absolute atomic E-state index is 0.0430. The van der Waals surface area contributed by atoms with Gasteiger partial charge < -0.3 is 4.90 Å². The molecule has 1 aliphatic heterocycles. The predicted molar refractivity (Wildman–Crippen MR) is 79.0 cm³/mol. The van der Waals surface area contributed by atoms with Crippen molar-refractivity contribution in [1.82, 2.24) is 19.4 Å². The van der Waals surface area contributed by atoms with Crippen LogP contribution < -0.4 is 4.72 Å². The molecule has 1 aliphatic rings. The van der Waals surface area contributed by atoms with Crippen LogP contribution in [-0.2, 0) is 21.4 Å². The Morgan fingerprint density at radius 3 is 2.90 bits per heavy atom. The minimum Gasteiger partial charge on any atom is -0.338 e. The van der Waals surface area contributed by atoms with Crippen molar-refractivity contribution in [2.75, 3.05) is 19.3 Å². The number of rotatable bonds is 6. The van der Waals surface area contributed by atoms with Gasteiger partial charge in [0.15, 0.2) is 0 Å². The number of nitrogens with one attached hydrogen (secondary N) is 1. The molecule has 2 rings (SSSR count). The third kappa shape index (κ3) is 5.13. The molecule has 8 heteroatoms. The molecule has 0 radical (unpaired) electrons. The summed E-state index contributed by atoms with van der Waals surface area (Å²) in [6, 6.07) is 1.78. The molecule has 1 atom stereocenters. The second-order valence-electron chi connectivity index (χ2n) is 5.38. The fraction of sp³-hybridized carbons (Fsp3) is 0.692. The quantitative estimate of drug-likeness (QED) is 0.813. The Morgan fingerprint density at radius 1 is 1.43 bits per heavy atom. The van der Waals surface area contributed by atoms with Crippen molar-refractivity contribution < 1.29 is 13.2 Å². The molecular formula is C13H22N4O3S. The summed E-state index contributed by atoms with van der Waals surface area (Å²) in [5, 5.41) is 4.08. The van der Waals surface area contributed by atoms with E-state index in [-0.39, 0.29) is 11.9 Å². The van der Waals surface area contributed by atoms with Crippen molar-refractivity contribution in [3.8, 4) is 0 Å². The molecule has 0 saturated carbocycles. The van der Waals surface area contributed by atoms with Crippen LogP contribution >= 0.6 is 0 Å². The third-order valence-corrected chi connectivity index (χ3v) is 4.33. The summed E-state index contributed by atoms with van der Waals surface area (Å²) in [6.07, 6.45) is 7.88. The van der Waals surface area contributed by atoms with Gasteiger partial charge in [-0.1, -0.05) is 0 Å². The van der Waals surface area contributed by atoms with Crippen molar-refractivity contribution in [1.29, 1.82) is 0 Å². The highest BCUT2D eigenvalue weighted by molar-refractivity contribution is 7.88. The van der Waals surface area contributed by atoms with Gasteiger partial charge >= 0.3 is 0 Å². The number of nitrogens with zero attached hydrogens (tertiary/aromatic N) is 3. The average Bonchev–Trinajstić information content (AvgIpc) is 2.95. The number of carbonyl (C=O) groups is 1. The van der Waals surface area contributed by atoms with Crippen molar-refractivity contribution in [2.24, 2.45) is 0 Å². The number of aromatic nitrogens is 2. The molecular weight excluding hydrogens is 292 g/mol. The number of amides is 1. The van der Waals surface area contributed by atoms with Crippen LogP contribution in [0.25, 0.3) is 0 Å². The monoisotopic (exact) mass is 314 g/mol. The van der Waals surface area contributed by atoms with Gasteiger partial charge in [0.2, 0.25) is 15.9 Å². The molecule has 1 saturated heterocycles.